The molecule has 1 heterocycles. The molecule has 0 atom stereocenters. The van der Waals surface area contributed by atoms with Gasteiger partial charge in [0, 0.05) is 13.2 Å². The van der Waals surface area contributed by atoms with Gasteiger partial charge in [-0.15, -0.1) is 0 Å². The fraction of sp³-hybridized carbons (Fsp3) is 0.154. The minimum atomic E-state index is -0.399. The van der Waals surface area contributed by atoms with Crippen molar-refractivity contribution in [1.29, 1.82) is 0 Å². The van der Waals surface area contributed by atoms with Crippen LogP contribution in [0.2, 0.25) is 0 Å². The predicted octanol–water partition coefficient (Wildman–Crippen LogP) is 0.651. The Morgan fingerprint density at radius 1 is 1.28 bits per heavy atom. The van der Waals surface area contributed by atoms with E-state index in [-0.39, 0.29) is 11.1 Å². The summed E-state index contributed by atoms with van der Waals surface area (Å²) in [6, 6.07) is 10.9. The molecule has 0 unspecified atom stereocenters. The molecular weight excluding hydrogens is 230 g/mol. The van der Waals surface area contributed by atoms with Gasteiger partial charge in [-0.1, -0.05) is 30.3 Å². The van der Waals surface area contributed by atoms with Crippen molar-refractivity contribution < 1.29 is 4.79 Å². The van der Waals surface area contributed by atoms with E-state index in [0.29, 0.717) is 6.54 Å². The zero-order chi connectivity index (χ0) is 13.0. The number of carbonyl (C=O) groups excluding carboxylic acids is 1. The van der Waals surface area contributed by atoms with Gasteiger partial charge >= 0.3 is 0 Å². The van der Waals surface area contributed by atoms with E-state index in [1.807, 2.05) is 30.3 Å². The number of benzene rings is 1. The van der Waals surface area contributed by atoms with Crippen LogP contribution in [0.3, 0.4) is 0 Å². The van der Waals surface area contributed by atoms with E-state index >= 15 is 0 Å². The van der Waals surface area contributed by atoms with Crippen molar-refractivity contribution in [1.82, 2.24) is 15.1 Å². The molecule has 2 rings (SSSR count). The highest BCUT2D eigenvalue weighted by Crippen LogP contribution is 1.99. The largest absolute Gasteiger partial charge is 0.355 e. The van der Waals surface area contributed by atoms with Crippen LogP contribution < -0.4 is 10.9 Å². The third kappa shape index (κ3) is 2.45. The summed E-state index contributed by atoms with van der Waals surface area (Å²) in [5.41, 5.74) is 0.672. The standard InChI is InChI=1S/C13H13N3O2/c1-14-12(17)11-7-8-15-16(13(11)18)9-10-5-3-2-4-6-10/h2-8H,9H2,1H3,(H,14,17). The molecule has 2 aromatic rings. The van der Waals surface area contributed by atoms with Crippen molar-refractivity contribution in [3.63, 3.8) is 0 Å². The third-order valence-corrected chi connectivity index (χ3v) is 2.56. The first-order chi connectivity index (χ1) is 8.72. The van der Waals surface area contributed by atoms with Crippen LogP contribution in [-0.4, -0.2) is 22.7 Å². The molecule has 0 saturated heterocycles. The third-order valence-electron chi connectivity index (χ3n) is 2.56. The zero-order valence-corrected chi connectivity index (χ0v) is 9.96. The summed E-state index contributed by atoms with van der Waals surface area (Å²) in [6.45, 7) is 0.352. The molecular formula is C13H13N3O2. The highest BCUT2D eigenvalue weighted by molar-refractivity contribution is 5.93. The molecule has 5 nitrogen and oxygen atoms in total. The van der Waals surface area contributed by atoms with Gasteiger partial charge in [0.05, 0.1) is 6.54 Å². The average Bonchev–Trinajstić information content (AvgIpc) is 2.41. The molecule has 1 aromatic heterocycles. The lowest BCUT2D eigenvalue weighted by Gasteiger charge is -2.06. The van der Waals surface area contributed by atoms with Gasteiger partial charge < -0.3 is 5.32 Å². The molecule has 0 radical (unpaired) electrons. The summed E-state index contributed by atoms with van der Waals surface area (Å²) < 4.78 is 1.28. The molecule has 1 N–H and O–H groups in total. The van der Waals surface area contributed by atoms with Crippen LogP contribution in [0.5, 0.6) is 0 Å². The Bertz CT molecular complexity index is 605. The molecule has 5 heteroatoms. The van der Waals surface area contributed by atoms with E-state index in [4.69, 9.17) is 0 Å². The van der Waals surface area contributed by atoms with Crippen LogP contribution in [0.4, 0.5) is 0 Å². The summed E-state index contributed by atoms with van der Waals surface area (Å²) in [5, 5.41) is 6.41. The fourth-order valence-electron chi connectivity index (χ4n) is 1.63. The second-order valence-electron chi connectivity index (χ2n) is 3.77. The SMILES string of the molecule is CNC(=O)c1ccnn(Cc2ccccc2)c1=O. The molecule has 18 heavy (non-hydrogen) atoms. The van der Waals surface area contributed by atoms with Crippen LogP contribution in [0.15, 0.2) is 47.4 Å². The lowest BCUT2D eigenvalue weighted by atomic mass is 10.2. The van der Waals surface area contributed by atoms with Gasteiger partial charge in [0.15, 0.2) is 0 Å². The summed E-state index contributed by atoms with van der Waals surface area (Å²) >= 11 is 0. The van der Waals surface area contributed by atoms with Crippen molar-refractivity contribution in [2.75, 3.05) is 7.05 Å². The number of aromatic nitrogens is 2. The van der Waals surface area contributed by atoms with Gasteiger partial charge in [-0.05, 0) is 11.6 Å². The second kappa shape index (κ2) is 5.27. The molecule has 1 amide bonds. The van der Waals surface area contributed by atoms with Crippen molar-refractivity contribution in [2.45, 2.75) is 6.54 Å². The minimum absolute atomic E-state index is 0.100. The second-order valence-corrected chi connectivity index (χ2v) is 3.77. The smallest absolute Gasteiger partial charge is 0.279 e. The van der Waals surface area contributed by atoms with Crippen molar-refractivity contribution >= 4 is 5.91 Å². The van der Waals surface area contributed by atoms with Gasteiger partial charge in [-0.2, -0.15) is 5.10 Å². The maximum atomic E-state index is 12.0. The Morgan fingerprint density at radius 3 is 2.67 bits per heavy atom. The lowest BCUT2D eigenvalue weighted by molar-refractivity contribution is 0.0960. The molecule has 0 spiro atoms. The average molecular weight is 243 g/mol. The van der Waals surface area contributed by atoms with Crippen molar-refractivity contribution in [2.24, 2.45) is 0 Å². The molecule has 0 aliphatic rings. The first kappa shape index (κ1) is 12.0. The van der Waals surface area contributed by atoms with E-state index in [1.165, 1.54) is 24.0 Å². The highest BCUT2D eigenvalue weighted by Gasteiger charge is 2.10. The van der Waals surface area contributed by atoms with Gasteiger partial charge in [0.1, 0.15) is 5.56 Å². The number of rotatable bonds is 3. The Kier molecular flexibility index (Phi) is 3.52. The van der Waals surface area contributed by atoms with Gasteiger partial charge in [0.2, 0.25) is 0 Å². The van der Waals surface area contributed by atoms with E-state index in [0.717, 1.165) is 5.56 Å². The Balaban J connectivity index is 2.35. The lowest BCUT2D eigenvalue weighted by Crippen LogP contribution is -2.32. The molecule has 0 bridgehead atoms. The molecule has 0 aliphatic carbocycles. The molecule has 0 saturated carbocycles. The fourth-order valence-corrected chi connectivity index (χ4v) is 1.63. The van der Waals surface area contributed by atoms with E-state index in [1.54, 1.807) is 0 Å². The van der Waals surface area contributed by atoms with Gasteiger partial charge in [-0.3, -0.25) is 9.59 Å². The molecule has 0 aliphatic heterocycles. The first-order valence-electron chi connectivity index (χ1n) is 5.54. The van der Waals surface area contributed by atoms with Crippen LogP contribution >= 0.6 is 0 Å². The maximum Gasteiger partial charge on any atom is 0.279 e. The summed E-state index contributed by atoms with van der Waals surface area (Å²) in [6.07, 6.45) is 1.45. The van der Waals surface area contributed by atoms with Gasteiger partial charge in [0.25, 0.3) is 11.5 Å². The van der Waals surface area contributed by atoms with Crippen molar-refractivity contribution in [3.8, 4) is 0 Å². The number of hydrogen-bond acceptors (Lipinski definition) is 3. The van der Waals surface area contributed by atoms with E-state index < -0.39 is 5.91 Å². The molecule has 0 fully saturated rings. The van der Waals surface area contributed by atoms with E-state index in [2.05, 4.69) is 10.4 Å². The quantitative estimate of drug-likeness (QED) is 0.861. The normalized spacial score (nSPS) is 10.1. The summed E-state index contributed by atoms with van der Waals surface area (Å²) in [5.74, 6) is -0.399. The minimum Gasteiger partial charge on any atom is -0.355 e. The molecule has 1 aromatic carbocycles. The van der Waals surface area contributed by atoms with Crippen molar-refractivity contribution in [3.05, 3.63) is 64.1 Å². The van der Waals surface area contributed by atoms with Crippen LogP contribution in [0.1, 0.15) is 15.9 Å². The van der Waals surface area contributed by atoms with Gasteiger partial charge in [-0.25, -0.2) is 4.68 Å². The summed E-state index contributed by atoms with van der Waals surface area (Å²) in [7, 11) is 1.49. The van der Waals surface area contributed by atoms with Crippen LogP contribution in [0, 0.1) is 0 Å². The number of carbonyl (C=O) groups is 1. The maximum absolute atomic E-state index is 12.0. The topological polar surface area (TPSA) is 64.0 Å². The van der Waals surface area contributed by atoms with E-state index in [9.17, 15) is 9.59 Å². The number of nitrogens with one attached hydrogen (secondary N) is 1. The predicted molar refractivity (Wildman–Crippen MR) is 67.4 cm³/mol. The monoisotopic (exact) mass is 243 g/mol. The number of hydrogen-bond donors (Lipinski definition) is 1. The zero-order valence-electron chi connectivity index (χ0n) is 9.96. The molecule has 92 valence electrons. The number of nitrogens with zero attached hydrogens (tertiary/aromatic N) is 2. The number of amides is 1. The van der Waals surface area contributed by atoms with Crippen LogP contribution in [0.25, 0.3) is 0 Å². The highest BCUT2D eigenvalue weighted by atomic mass is 16.2. The first-order valence-corrected chi connectivity index (χ1v) is 5.54. The summed E-state index contributed by atoms with van der Waals surface area (Å²) in [4.78, 5) is 23.5. The Morgan fingerprint density at radius 2 is 2.00 bits per heavy atom. The Labute approximate surface area is 104 Å². The van der Waals surface area contributed by atoms with Crippen LogP contribution in [-0.2, 0) is 6.54 Å². The Hall–Kier alpha value is -2.43.